The van der Waals surface area contributed by atoms with Crippen LogP contribution < -0.4 is 11.5 Å². The van der Waals surface area contributed by atoms with E-state index in [0.717, 1.165) is 42.5 Å². The average molecular weight is 1040 g/mol. The van der Waals surface area contributed by atoms with E-state index in [4.69, 9.17) is 20.6 Å². The average Bonchev–Trinajstić information content (AvgIpc) is 3.15. The first-order valence-electron chi connectivity index (χ1n) is 16.1. The lowest BCUT2D eigenvalue weighted by atomic mass is 10.2. The molecule has 0 spiro atoms. The molecule has 0 aliphatic carbocycles. The van der Waals surface area contributed by atoms with Gasteiger partial charge in [-0.05, 0) is 66.7 Å². The zero-order chi connectivity index (χ0) is 48.3. The van der Waals surface area contributed by atoms with Crippen molar-refractivity contribution in [3.8, 4) is 0 Å². The molecule has 0 aliphatic rings. The van der Waals surface area contributed by atoms with Crippen molar-refractivity contribution >= 4 is 116 Å². The van der Waals surface area contributed by atoms with Crippen molar-refractivity contribution < 1.29 is 90.1 Å². The van der Waals surface area contributed by atoms with Crippen molar-refractivity contribution in [2.24, 2.45) is 30.7 Å². The maximum atomic E-state index is 12.7. The molecule has 0 saturated carbocycles. The summed E-state index contributed by atoms with van der Waals surface area (Å²) in [5.41, 5.74) is 7.88. The summed E-state index contributed by atoms with van der Waals surface area (Å²) in [6.07, 6.45) is 0. The Labute approximate surface area is 362 Å². The summed E-state index contributed by atoms with van der Waals surface area (Å²) in [6, 6.07) is 8.61. The van der Waals surface area contributed by atoms with E-state index in [0.29, 0.717) is 24.3 Å². The van der Waals surface area contributed by atoms with Gasteiger partial charge in [-0.15, -0.1) is 25.6 Å². The van der Waals surface area contributed by atoms with Crippen LogP contribution in [0.1, 0.15) is 0 Å². The van der Waals surface area contributed by atoms with Gasteiger partial charge in [0.2, 0.25) is 0 Å². The largest absolute Gasteiger partial charge is 0.397 e. The van der Waals surface area contributed by atoms with Crippen molar-refractivity contribution in [2.45, 2.75) is 24.5 Å². The Morgan fingerprint density at radius 1 is 0.422 bits per heavy atom. The third-order valence-electron chi connectivity index (χ3n) is 7.57. The monoisotopic (exact) mass is 1040 g/mol. The number of benzene rings is 4. The minimum atomic E-state index is -5.34. The maximum absolute atomic E-state index is 12.7. The van der Waals surface area contributed by atoms with Crippen LogP contribution >= 0.6 is 0 Å². The van der Waals surface area contributed by atoms with Crippen LogP contribution in [0.2, 0.25) is 0 Å². The first-order chi connectivity index (χ1) is 29.2. The lowest BCUT2D eigenvalue weighted by Crippen LogP contribution is -2.16. The summed E-state index contributed by atoms with van der Waals surface area (Å²) < 4.78 is 220. The summed E-state index contributed by atoms with van der Waals surface area (Å²) in [4.78, 5) is -4.29. The molecule has 9 N–H and O–H groups in total. The van der Waals surface area contributed by atoms with E-state index in [1.807, 2.05) is 0 Å². The fourth-order valence-corrected chi connectivity index (χ4v) is 9.48. The van der Waals surface area contributed by atoms with Gasteiger partial charge in [-0.3, -0.25) is 22.8 Å². The van der Waals surface area contributed by atoms with Gasteiger partial charge in [0.25, 0.3) is 30.4 Å². The maximum Gasteiger partial charge on any atom is 0.397 e. The van der Waals surface area contributed by atoms with Crippen molar-refractivity contribution in [3.63, 3.8) is 0 Å². The first-order valence-corrected chi connectivity index (χ1v) is 26.5. The van der Waals surface area contributed by atoms with E-state index in [2.05, 4.69) is 39.1 Å². The third kappa shape index (κ3) is 14.1. The Bertz CT molecular complexity index is 3400. The first kappa shape index (κ1) is 51.3. The molecule has 0 aliphatic heterocycles. The van der Waals surface area contributed by atoms with Gasteiger partial charge in [-0.2, -0.15) is 47.2 Å². The van der Waals surface area contributed by atoms with E-state index in [1.165, 1.54) is 0 Å². The van der Waals surface area contributed by atoms with Gasteiger partial charge in [0.1, 0.15) is 38.2 Å². The molecule has 29 nitrogen and oxygen atoms in total. The zero-order valence-corrected chi connectivity index (χ0v) is 36.9. The van der Waals surface area contributed by atoms with Gasteiger partial charge in [-0.1, -0.05) is 0 Å². The number of hydrogen-bond donors (Lipinski definition) is 7. The van der Waals surface area contributed by atoms with Crippen molar-refractivity contribution in [3.05, 3.63) is 66.7 Å². The van der Waals surface area contributed by atoms with Crippen LogP contribution in [-0.2, 0) is 79.2 Å². The number of rotatable bonds is 19. The number of azo groups is 3. The van der Waals surface area contributed by atoms with Gasteiger partial charge >= 0.3 is 20.8 Å². The molecule has 4 rings (SSSR count). The van der Waals surface area contributed by atoms with Crippen LogP contribution in [0.25, 0.3) is 0 Å². The van der Waals surface area contributed by atoms with Gasteiger partial charge < -0.3 is 11.5 Å². The predicted molar refractivity (Wildman–Crippen MR) is 216 cm³/mol. The summed E-state index contributed by atoms with van der Waals surface area (Å²) >= 11 is 0. The Morgan fingerprint density at radius 3 is 1.33 bits per heavy atom. The molecule has 0 unspecified atom stereocenters. The lowest BCUT2D eigenvalue weighted by Gasteiger charge is -2.10. The molecule has 0 fully saturated rings. The number of nitrogens with two attached hydrogens (primary N) is 2. The molecule has 64 heavy (non-hydrogen) atoms. The van der Waals surface area contributed by atoms with E-state index in [-0.39, 0.29) is 10.6 Å². The zero-order valence-electron chi connectivity index (χ0n) is 31.1. The molecular formula is C28H28N8O21S7. The quantitative estimate of drug-likeness (QED) is 0.0403. The SMILES string of the molecule is Nc1c(/N=N/c2cc(S(=O)(=O)O)ccc2S(=O)(=O)O)cc(/N=N/c2ccc(S(=O)(=O)CCOS(=O)(=O)O)cc2S(=O)(=O)O)c(N)c1/N=N/c1ccc(S(=O)(=O)CCOS(=O)(=O)O)cc1. The van der Waals surface area contributed by atoms with Gasteiger partial charge in [-0.25, -0.2) is 25.2 Å². The molecule has 36 heteroatoms. The highest BCUT2D eigenvalue weighted by Crippen LogP contribution is 2.46. The Kier molecular flexibility index (Phi) is 15.2. The molecule has 0 saturated heterocycles. The summed E-state index contributed by atoms with van der Waals surface area (Å²) in [7, 11) is -34.2. The predicted octanol–water partition coefficient (Wildman–Crippen LogP) is 3.02. The van der Waals surface area contributed by atoms with E-state index in [9.17, 15) is 72.6 Å². The van der Waals surface area contributed by atoms with E-state index >= 15 is 0 Å². The van der Waals surface area contributed by atoms with Crippen LogP contribution in [0, 0.1) is 0 Å². The molecule has 4 aromatic carbocycles. The second-order valence-corrected chi connectivity index (χ2v) is 22.6. The lowest BCUT2D eigenvalue weighted by molar-refractivity contribution is 0.282. The number of anilines is 2. The third-order valence-corrected chi connectivity index (χ3v) is 14.5. The molecule has 4 aromatic rings. The van der Waals surface area contributed by atoms with Crippen LogP contribution in [-0.4, -0.2) is 106 Å². The normalized spacial score (nSPS) is 13.6. The summed E-state index contributed by atoms with van der Waals surface area (Å²) in [5.74, 6) is -1.99. The second-order valence-electron chi connectivity index (χ2n) is 12.0. The highest BCUT2D eigenvalue weighted by atomic mass is 32.3. The number of hydrogen-bond acceptors (Lipinski definition) is 24. The molecule has 0 amide bonds. The van der Waals surface area contributed by atoms with Crippen LogP contribution in [0.4, 0.5) is 45.5 Å². The topological polar surface area (TPSA) is 485 Å². The molecule has 0 radical (unpaired) electrons. The molecular weight excluding hydrogens is 1010 g/mol. The van der Waals surface area contributed by atoms with E-state index < -0.39 is 155 Å². The second kappa shape index (κ2) is 19.0. The molecule has 0 atom stereocenters. The number of nitrogens with zero attached hydrogens (tertiary/aromatic N) is 6. The van der Waals surface area contributed by atoms with Crippen LogP contribution in [0.15, 0.2) is 122 Å². The highest BCUT2D eigenvalue weighted by Gasteiger charge is 2.25. The Hall–Kier alpha value is -5.35. The van der Waals surface area contributed by atoms with Gasteiger partial charge in [0.05, 0.1) is 56.5 Å². The minimum absolute atomic E-state index is 0.112. The fraction of sp³-hybridized carbons (Fsp3) is 0.143. The van der Waals surface area contributed by atoms with Crippen LogP contribution in [0.3, 0.4) is 0 Å². The molecule has 0 heterocycles. The van der Waals surface area contributed by atoms with Crippen molar-refractivity contribution in [1.82, 2.24) is 0 Å². The van der Waals surface area contributed by atoms with Gasteiger partial charge in [0, 0.05) is 0 Å². The van der Waals surface area contributed by atoms with Crippen molar-refractivity contribution in [1.29, 1.82) is 0 Å². The minimum Gasteiger partial charge on any atom is -0.395 e. The van der Waals surface area contributed by atoms with Gasteiger partial charge in [0.15, 0.2) is 19.7 Å². The smallest absolute Gasteiger partial charge is 0.395 e. The molecule has 348 valence electrons. The fourth-order valence-electron chi connectivity index (χ4n) is 4.65. The number of nitrogen functional groups attached to an aromatic ring is 2. The highest BCUT2D eigenvalue weighted by molar-refractivity contribution is 7.92. The molecule has 0 bridgehead atoms. The Morgan fingerprint density at radius 2 is 0.859 bits per heavy atom. The molecule has 0 aromatic heterocycles. The standard InChI is InChI=1S/C28H28N8O21S7/c29-26-22(34-32-20-7-5-18(14-25(20)62(47,48)49)59(39,40)12-10-57-64(53,54)55)15-23(35-33-21-13-19(60(41,42)43)6-8-24(21)61(44,45)46)27(30)28(26)36-31-16-1-3-17(4-2-16)58(37,38)11-9-56-63(50,51)52/h1-8,13-15H,9-12,29-30H2,(H,41,42,43)(H,44,45,46)(H,47,48,49)(H,50,51,52)(H,53,54,55)/b34-32+,35-33+,36-31+. The summed E-state index contributed by atoms with van der Waals surface area (Å²) in [6.45, 7) is -2.03. The van der Waals surface area contributed by atoms with Crippen molar-refractivity contribution in [2.75, 3.05) is 36.2 Å². The van der Waals surface area contributed by atoms with E-state index in [1.54, 1.807) is 0 Å². The van der Waals surface area contributed by atoms with Crippen LogP contribution in [0.5, 0.6) is 0 Å². The Balaban J connectivity index is 1.87. The summed E-state index contributed by atoms with van der Waals surface area (Å²) in [5, 5.41) is 22.6. The number of sulfone groups is 2.